The Kier molecular flexibility index (Phi) is 4.31. The molecule has 1 aliphatic rings. The second kappa shape index (κ2) is 5.17. The minimum absolute atomic E-state index is 0.609. The largest absolute Gasteiger partial charge is 0.490 e. The zero-order chi connectivity index (χ0) is 13.2. The van der Waals surface area contributed by atoms with Gasteiger partial charge < -0.3 is 24.8 Å². The van der Waals surface area contributed by atoms with Gasteiger partial charge in [-0.15, -0.1) is 0 Å². The van der Waals surface area contributed by atoms with E-state index in [0.717, 1.165) is 0 Å². The Morgan fingerprint density at radius 3 is 2.18 bits per heavy atom. The Morgan fingerprint density at radius 1 is 1.24 bits per heavy atom. The summed E-state index contributed by atoms with van der Waals surface area (Å²) in [6.07, 6.45) is -10.5. The van der Waals surface area contributed by atoms with E-state index in [1.165, 1.54) is 0 Å². The van der Waals surface area contributed by atoms with Gasteiger partial charge in [0.15, 0.2) is 0 Å². The molecule has 0 aromatic rings. The molecule has 9 heteroatoms. The number of rotatable bonds is 3. The molecule has 1 saturated heterocycles. The highest BCUT2D eigenvalue weighted by molar-refractivity contribution is 5.75. The topological polar surface area (TPSA) is 96.2 Å². The van der Waals surface area contributed by atoms with Gasteiger partial charge >= 0.3 is 12.1 Å². The first-order chi connectivity index (χ1) is 7.77. The molecule has 0 aromatic carbocycles. The molecule has 0 amide bonds. The van der Waals surface area contributed by atoms with E-state index in [1.54, 1.807) is 0 Å². The van der Waals surface area contributed by atoms with Crippen molar-refractivity contribution in [2.75, 3.05) is 13.2 Å². The van der Waals surface area contributed by atoms with Crippen molar-refractivity contribution >= 4 is 5.97 Å². The Bertz CT molecular complexity index is 281. The molecule has 0 saturated carbocycles. The number of hydrogen-bond acceptors (Lipinski definition) is 6. The molecule has 1 fully saturated rings. The highest BCUT2D eigenvalue weighted by Gasteiger charge is 2.45. The smallest absolute Gasteiger partial charge is 0.456 e. The van der Waals surface area contributed by atoms with E-state index in [9.17, 15) is 28.2 Å². The van der Waals surface area contributed by atoms with Gasteiger partial charge in [0, 0.05) is 0 Å². The van der Waals surface area contributed by atoms with Gasteiger partial charge in [0.05, 0.1) is 6.61 Å². The van der Waals surface area contributed by atoms with Crippen LogP contribution in [0.15, 0.2) is 0 Å². The van der Waals surface area contributed by atoms with Crippen molar-refractivity contribution < 1.29 is 42.8 Å². The molecule has 17 heavy (non-hydrogen) atoms. The van der Waals surface area contributed by atoms with Crippen molar-refractivity contribution in [2.45, 2.75) is 30.6 Å². The Balaban J connectivity index is 2.46. The Hall–Kier alpha value is -0.900. The monoisotopic (exact) mass is 260 g/mol. The SMILES string of the molecule is O=C(OC[C@@H]1O[C@H](CO)[C@@H](O)[C@@H]1O)C(F)(F)F. The van der Waals surface area contributed by atoms with Crippen molar-refractivity contribution in [1.29, 1.82) is 0 Å². The standard InChI is InChI=1S/C8H11F3O6/c9-8(10,11)7(15)16-2-4-6(14)5(13)3(1-12)17-4/h3-6,12-14H,1-2H2/t3-,4+,5-,6-/m1/s1. The molecule has 0 unspecified atom stereocenters. The normalized spacial score (nSPS) is 33.8. The number of aliphatic hydroxyl groups is 3. The Labute approximate surface area is 93.6 Å². The molecule has 0 aromatic heterocycles. The summed E-state index contributed by atoms with van der Waals surface area (Å²) in [6, 6.07) is 0. The van der Waals surface area contributed by atoms with Crippen molar-refractivity contribution in [3.05, 3.63) is 0 Å². The maximum absolute atomic E-state index is 11.8. The molecule has 0 aliphatic carbocycles. The lowest BCUT2D eigenvalue weighted by molar-refractivity contribution is -0.203. The van der Waals surface area contributed by atoms with Gasteiger partial charge in [-0.1, -0.05) is 0 Å². The summed E-state index contributed by atoms with van der Waals surface area (Å²) in [6.45, 7) is -1.46. The van der Waals surface area contributed by atoms with Gasteiger partial charge in [-0.25, -0.2) is 4.79 Å². The van der Waals surface area contributed by atoms with Crippen molar-refractivity contribution in [3.8, 4) is 0 Å². The Morgan fingerprint density at radius 2 is 1.76 bits per heavy atom. The average molecular weight is 260 g/mol. The number of carbonyl (C=O) groups is 1. The fourth-order valence-corrected chi connectivity index (χ4v) is 1.35. The molecule has 0 bridgehead atoms. The molecular weight excluding hydrogens is 249 g/mol. The van der Waals surface area contributed by atoms with Crippen LogP contribution in [0.25, 0.3) is 0 Å². The molecule has 1 aliphatic heterocycles. The first-order valence-electron chi connectivity index (χ1n) is 4.63. The third-order valence-corrected chi connectivity index (χ3v) is 2.25. The molecule has 4 atom stereocenters. The molecule has 100 valence electrons. The van der Waals surface area contributed by atoms with Gasteiger partial charge in [-0.05, 0) is 0 Å². The summed E-state index contributed by atoms with van der Waals surface area (Å²) in [5.74, 6) is -2.41. The zero-order valence-electron chi connectivity index (χ0n) is 8.42. The van der Waals surface area contributed by atoms with E-state index in [1.807, 2.05) is 0 Å². The van der Waals surface area contributed by atoms with Crippen LogP contribution in [0.2, 0.25) is 0 Å². The summed E-state index contributed by atoms with van der Waals surface area (Å²) in [7, 11) is 0. The van der Waals surface area contributed by atoms with Gasteiger partial charge in [-0.3, -0.25) is 0 Å². The molecule has 1 heterocycles. The second-order valence-corrected chi connectivity index (χ2v) is 3.47. The van der Waals surface area contributed by atoms with Gasteiger partial charge in [0.25, 0.3) is 0 Å². The van der Waals surface area contributed by atoms with E-state index in [2.05, 4.69) is 4.74 Å². The summed E-state index contributed by atoms with van der Waals surface area (Å²) in [4.78, 5) is 10.4. The number of halogens is 3. The molecule has 3 N–H and O–H groups in total. The average Bonchev–Trinajstić information content (AvgIpc) is 2.51. The third-order valence-electron chi connectivity index (χ3n) is 2.25. The van der Waals surface area contributed by atoms with Crippen molar-refractivity contribution in [3.63, 3.8) is 0 Å². The minimum atomic E-state index is -5.13. The van der Waals surface area contributed by atoms with Gasteiger partial charge in [0.2, 0.25) is 0 Å². The van der Waals surface area contributed by atoms with Crippen LogP contribution in [0.3, 0.4) is 0 Å². The maximum atomic E-state index is 11.8. The maximum Gasteiger partial charge on any atom is 0.490 e. The van der Waals surface area contributed by atoms with Crippen molar-refractivity contribution in [2.24, 2.45) is 0 Å². The number of esters is 1. The molecular formula is C8H11F3O6. The summed E-state index contributed by atoms with van der Waals surface area (Å²) < 4.78 is 44.0. The van der Waals surface area contributed by atoms with E-state index in [0.29, 0.717) is 0 Å². The van der Waals surface area contributed by atoms with Crippen LogP contribution in [0, 0.1) is 0 Å². The van der Waals surface area contributed by atoms with Crippen LogP contribution < -0.4 is 0 Å². The highest BCUT2D eigenvalue weighted by Crippen LogP contribution is 2.23. The van der Waals surface area contributed by atoms with E-state index in [-0.39, 0.29) is 0 Å². The predicted molar refractivity (Wildman–Crippen MR) is 44.8 cm³/mol. The lowest BCUT2D eigenvalue weighted by Crippen LogP contribution is -2.36. The van der Waals surface area contributed by atoms with Crippen LogP contribution in [0.1, 0.15) is 0 Å². The first-order valence-corrected chi connectivity index (χ1v) is 4.63. The summed E-state index contributed by atoms with van der Waals surface area (Å²) in [5, 5.41) is 27.3. The fraction of sp³-hybridized carbons (Fsp3) is 0.875. The lowest BCUT2D eigenvalue weighted by Gasteiger charge is -2.15. The number of aliphatic hydroxyl groups excluding tert-OH is 3. The zero-order valence-corrected chi connectivity index (χ0v) is 8.42. The molecule has 0 spiro atoms. The lowest BCUT2D eigenvalue weighted by atomic mass is 10.1. The minimum Gasteiger partial charge on any atom is -0.456 e. The van der Waals surface area contributed by atoms with Crippen LogP contribution in [-0.2, 0) is 14.3 Å². The number of hydrogen-bond donors (Lipinski definition) is 3. The van der Waals surface area contributed by atoms with Gasteiger partial charge in [-0.2, -0.15) is 13.2 Å². The second-order valence-electron chi connectivity index (χ2n) is 3.47. The molecule has 0 radical (unpaired) electrons. The quantitative estimate of drug-likeness (QED) is 0.539. The fourth-order valence-electron chi connectivity index (χ4n) is 1.35. The highest BCUT2D eigenvalue weighted by atomic mass is 19.4. The third kappa shape index (κ3) is 3.28. The van der Waals surface area contributed by atoms with E-state index >= 15 is 0 Å². The summed E-state index contributed by atoms with van der Waals surface area (Å²) in [5.41, 5.74) is 0. The van der Waals surface area contributed by atoms with E-state index < -0.39 is 49.8 Å². The number of carbonyl (C=O) groups excluding carboxylic acids is 1. The summed E-state index contributed by atoms with van der Waals surface area (Å²) >= 11 is 0. The molecule has 1 rings (SSSR count). The first kappa shape index (κ1) is 14.2. The van der Waals surface area contributed by atoms with Crippen LogP contribution in [0.4, 0.5) is 13.2 Å². The van der Waals surface area contributed by atoms with Crippen molar-refractivity contribution in [1.82, 2.24) is 0 Å². The number of alkyl halides is 3. The van der Waals surface area contributed by atoms with E-state index in [4.69, 9.17) is 9.84 Å². The van der Waals surface area contributed by atoms with Gasteiger partial charge in [0.1, 0.15) is 31.0 Å². The van der Waals surface area contributed by atoms with Crippen LogP contribution in [-0.4, -0.2) is 65.1 Å². The van der Waals surface area contributed by atoms with Crippen LogP contribution in [0.5, 0.6) is 0 Å². The predicted octanol–water partition coefficient (Wildman–Crippen LogP) is -1.43. The van der Waals surface area contributed by atoms with Crippen LogP contribution >= 0.6 is 0 Å². The molecule has 6 nitrogen and oxygen atoms in total. The number of ether oxygens (including phenoxy) is 2.